The van der Waals surface area contributed by atoms with Crippen molar-refractivity contribution >= 4 is 28.9 Å². The highest BCUT2D eigenvalue weighted by atomic mass is 35.5. The fourth-order valence-electron chi connectivity index (χ4n) is 2.93. The summed E-state index contributed by atoms with van der Waals surface area (Å²) in [6, 6.07) is 16.5. The molecule has 0 spiro atoms. The molecule has 3 N–H and O–H groups in total. The number of hydrogen-bond donors (Lipinski definition) is 3. The van der Waals surface area contributed by atoms with E-state index >= 15 is 0 Å². The quantitative estimate of drug-likeness (QED) is 0.352. The minimum Gasteiger partial charge on any atom is -0.387 e. The van der Waals surface area contributed by atoms with Gasteiger partial charge in [0, 0.05) is 29.7 Å². The van der Waals surface area contributed by atoms with Crippen LogP contribution >= 0.6 is 11.6 Å². The number of halogens is 2. The van der Waals surface area contributed by atoms with Gasteiger partial charge in [-0.05, 0) is 41.5 Å². The van der Waals surface area contributed by atoms with Crippen LogP contribution in [-0.2, 0) is 6.54 Å². The summed E-state index contributed by atoms with van der Waals surface area (Å²) >= 11 is 6.10. The Morgan fingerprint density at radius 1 is 1.13 bits per heavy atom. The summed E-state index contributed by atoms with van der Waals surface area (Å²) in [5.74, 6) is -1.10. The minimum atomic E-state index is -1.12. The molecule has 9 heteroatoms. The second-order valence-corrected chi connectivity index (χ2v) is 7.12. The van der Waals surface area contributed by atoms with Gasteiger partial charge in [-0.2, -0.15) is 0 Å². The number of aliphatic hydroxyl groups excluding tert-OH is 1. The molecule has 0 saturated heterocycles. The fraction of sp³-hybridized carbons (Fsp3) is 0.136. The summed E-state index contributed by atoms with van der Waals surface area (Å²) in [5, 5.41) is 27.6. The van der Waals surface area contributed by atoms with Gasteiger partial charge in [0.1, 0.15) is 11.5 Å². The minimum absolute atomic E-state index is 0.0569. The normalized spacial score (nSPS) is 11.6. The van der Waals surface area contributed by atoms with Crippen LogP contribution in [0.5, 0.6) is 0 Å². The number of hydrogen-bond acceptors (Lipinski definition) is 5. The van der Waals surface area contributed by atoms with Crippen molar-refractivity contribution in [2.75, 3.05) is 11.9 Å². The summed E-state index contributed by atoms with van der Waals surface area (Å²) in [5.41, 5.74) is 1.10. The zero-order valence-corrected chi connectivity index (χ0v) is 17.0. The average molecular weight is 444 g/mol. The molecular formula is C22H19ClFN3O4. The zero-order valence-electron chi connectivity index (χ0n) is 16.2. The maximum atomic E-state index is 13.3. The highest BCUT2D eigenvalue weighted by Gasteiger charge is 2.19. The molecule has 0 heterocycles. The molecule has 0 bridgehead atoms. The van der Waals surface area contributed by atoms with Gasteiger partial charge >= 0.3 is 0 Å². The van der Waals surface area contributed by atoms with Crippen LogP contribution in [0.3, 0.4) is 0 Å². The van der Waals surface area contributed by atoms with Crippen molar-refractivity contribution in [3.8, 4) is 0 Å². The van der Waals surface area contributed by atoms with Crippen molar-refractivity contribution in [2.45, 2.75) is 12.6 Å². The molecule has 160 valence electrons. The Labute approximate surface area is 182 Å². The van der Waals surface area contributed by atoms with Gasteiger partial charge in [0.25, 0.3) is 11.6 Å². The van der Waals surface area contributed by atoms with Crippen molar-refractivity contribution in [1.82, 2.24) is 5.32 Å². The molecule has 0 aliphatic carbocycles. The molecule has 3 rings (SSSR count). The topological polar surface area (TPSA) is 104 Å². The molecule has 31 heavy (non-hydrogen) atoms. The predicted octanol–water partition coefficient (Wildman–Crippen LogP) is 4.46. The largest absolute Gasteiger partial charge is 0.387 e. The first-order valence-corrected chi connectivity index (χ1v) is 9.70. The lowest BCUT2D eigenvalue weighted by Crippen LogP contribution is -2.28. The number of carbonyl (C=O) groups excluding carboxylic acids is 1. The molecule has 0 saturated carbocycles. The molecule has 0 fully saturated rings. The Balaban J connectivity index is 1.68. The molecule has 7 nitrogen and oxygen atoms in total. The maximum Gasteiger partial charge on any atom is 0.293 e. The number of anilines is 1. The van der Waals surface area contributed by atoms with E-state index in [2.05, 4.69) is 10.6 Å². The van der Waals surface area contributed by atoms with E-state index in [1.165, 1.54) is 36.4 Å². The number of benzene rings is 3. The molecule has 0 aromatic heterocycles. The Bertz CT molecular complexity index is 1110. The van der Waals surface area contributed by atoms with Crippen LogP contribution < -0.4 is 10.6 Å². The van der Waals surface area contributed by atoms with Gasteiger partial charge in [0.2, 0.25) is 0 Å². The predicted molar refractivity (Wildman–Crippen MR) is 116 cm³/mol. The summed E-state index contributed by atoms with van der Waals surface area (Å²) in [6.07, 6.45) is -1.12. The lowest BCUT2D eigenvalue weighted by Gasteiger charge is -2.13. The van der Waals surface area contributed by atoms with Crippen molar-refractivity contribution in [3.05, 3.63) is 104 Å². The molecule has 3 aromatic rings. The monoisotopic (exact) mass is 443 g/mol. The van der Waals surface area contributed by atoms with E-state index in [0.717, 1.165) is 11.6 Å². The highest BCUT2D eigenvalue weighted by Crippen LogP contribution is 2.27. The Morgan fingerprint density at radius 3 is 2.61 bits per heavy atom. The number of nitrogens with zero attached hydrogens (tertiary/aromatic N) is 1. The van der Waals surface area contributed by atoms with Crippen LogP contribution in [0.1, 0.15) is 27.6 Å². The number of nitro benzene ring substituents is 1. The van der Waals surface area contributed by atoms with Crippen LogP contribution in [0.25, 0.3) is 0 Å². The van der Waals surface area contributed by atoms with E-state index in [4.69, 9.17) is 11.6 Å². The SMILES string of the molecule is O=C(NCC(O)c1cccc(F)c1)c1ccc(NCc2ccccc2Cl)c([N+](=O)[O-])c1. The zero-order chi connectivity index (χ0) is 22.4. The van der Waals surface area contributed by atoms with E-state index in [0.29, 0.717) is 10.6 Å². The smallest absolute Gasteiger partial charge is 0.293 e. The van der Waals surface area contributed by atoms with Gasteiger partial charge in [0.05, 0.1) is 11.0 Å². The number of aliphatic hydroxyl groups is 1. The third-order valence-electron chi connectivity index (χ3n) is 4.57. The number of nitro groups is 1. The molecule has 1 amide bonds. The van der Waals surface area contributed by atoms with E-state index in [1.54, 1.807) is 18.2 Å². The first-order chi connectivity index (χ1) is 14.8. The first kappa shape index (κ1) is 22.2. The first-order valence-electron chi connectivity index (χ1n) is 9.32. The van der Waals surface area contributed by atoms with Gasteiger partial charge < -0.3 is 15.7 Å². The third kappa shape index (κ3) is 5.78. The van der Waals surface area contributed by atoms with E-state index < -0.39 is 22.8 Å². The average Bonchev–Trinajstić information content (AvgIpc) is 2.76. The second kappa shape index (κ2) is 10.0. The van der Waals surface area contributed by atoms with E-state index in [9.17, 15) is 24.4 Å². The number of amides is 1. The highest BCUT2D eigenvalue weighted by molar-refractivity contribution is 6.31. The van der Waals surface area contributed by atoms with Gasteiger partial charge in [0.15, 0.2) is 0 Å². The van der Waals surface area contributed by atoms with Crippen molar-refractivity contribution in [2.24, 2.45) is 0 Å². The molecule has 0 aliphatic rings. The second-order valence-electron chi connectivity index (χ2n) is 6.71. The van der Waals surface area contributed by atoms with E-state index in [-0.39, 0.29) is 30.0 Å². The maximum absolute atomic E-state index is 13.3. The summed E-state index contributed by atoms with van der Waals surface area (Å²) < 4.78 is 13.3. The molecule has 0 radical (unpaired) electrons. The molecular weight excluding hydrogens is 425 g/mol. The van der Waals surface area contributed by atoms with E-state index in [1.807, 2.05) is 6.07 Å². The van der Waals surface area contributed by atoms with Crippen molar-refractivity contribution < 1.29 is 19.2 Å². The summed E-state index contributed by atoms with van der Waals surface area (Å²) in [6.45, 7) is 0.0917. The van der Waals surface area contributed by atoms with Gasteiger partial charge in [-0.25, -0.2) is 4.39 Å². The summed E-state index contributed by atoms with van der Waals surface area (Å²) in [4.78, 5) is 23.3. The Hall–Kier alpha value is -3.49. The van der Waals surface area contributed by atoms with Gasteiger partial charge in [-0.3, -0.25) is 14.9 Å². The van der Waals surface area contributed by atoms with Crippen LogP contribution in [0, 0.1) is 15.9 Å². The summed E-state index contributed by atoms with van der Waals surface area (Å²) in [7, 11) is 0. The molecule has 1 unspecified atom stereocenters. The molecule has 3 aromatic carbocycles. The van der Waals surface area contributed by atoms with Crippen LogP contribution in [-0.4, -0.2) is 22.5 Å². The lowest BCUT2D eigenvalue weighted by atomic mass is 10.1. The third-order valence-corrected chi connectivity index (χ3v) is 4.94. The fourth-order valence-corrected chi connectivity index (χ4v) is 3.13. The number of carbonyl (C=O) groups is 1. The molecule has 0 aliphatic heterocycles. The Kier molecular flexibility index (Phi) is 7.17. The van der Waals surface area contributed by atoms with Crippen molar-refractivity contribution in [1.29, 1.82) is 0 Å². The van der Waals surface area contributed by atoms with Gasteiger partial charge in [-0.1, -0.05) is 41.9 Å². The van der Waals surface area contributed by atoms with Crippen molar-refractivity contribution in [3.63, 3.8) is 0 Å². The van der Waals surface area contributed by atoms with Crippen LogP contribution in [0.2, 0.25) is 5.02 Å². The number of nitrogens with one attached hydrogen (secondary N) is 2. The Morgan fingerprint density at radius 2 is 1.90 bits per heavy atom. The van der Waals surface area contributed by atoms with Crippen LogP contribution in [0.15, 0.2) is 66.7 Å². The number of rotatable bonds is 8. The lowest BCUT2D eigenvalue weighted by molar-refractivity contribution is -0.384. The standard InChI is InChI=1S/C22H19ClFN3O4/c23-18-7-2-1-4-16(18)12-25-19-9-8-15(11-20(19)27(30)31)22(29)26-13-21(28)14-5-3-6-17(24)10-14/h1-11,21,25,28H,12-13H2,(H,26,29). The molecule has 1 atom stereocenters. The van der Waals surface area contributed by atoms with Gasteiger partial charge in [-0.15, -0.1) is 0 Å². The van der Waals surface area contributed by atoms with Crippen LogP contribution in [0.4, 0.5) is 15.8 Å².